The summed E-state index contributed by atoms with van der Waals surface area (Å²) in [6.45, 7) is 4.03. The zero-order valence-corrected chi connectivity index (χ0v) is 12.7. The molecule has 20 heavy (non-hydrogen) atoms. The summed E-state index contributed by atoms with van der Waals surface area (Å²) in [5.74, 6) is -0.409. The van der Waals surface area contributed by atoms with Gasteiger partial charge in [-0.25, -0.2) is 8.42 Å². The molecule has 110 valence electrons. The second-order valence-corrected chi connectivity index (χ2v) is 7.71. The first-order valence-electron chi connectivity index (χ1n) is 6.98. The van der Waals surface area contributed by atoms with E-state index >= 15 is 0 Å². The van der Waals surface area contributed by atoms with Gasteiger partial charge < -0.3 is 5.32 Å². The molecular weight excluding hydrogens is 274 g/mol. The van der Waals surface area contributed by atoms with Crippen molar-refractivity contribution < 1.29 is 13.2 Å². The maximum atomic E-state index is 12.2. The monoisotopic (exact) mass is 295 g/mol. The van der Waals surface area contributed by atoms with Crippen molar-refractivity contribution in [1.29, 1.82) is 0 Å². The standard InChI is InChI=1S/C15H21NO3S/c1-3-14(12-6-4-11(2)5-7-12)16-15(17)13-8-9-20(18,19)10-13/h4-7,13-14H,3,8-10H2,1-2H3,(H,16,17)/t13-,14+/m0/s1. The van der Waals surface area contributed by atoms with Gasteiger partial charge in [-0.15, -0.1) is 0 Å². The smallest absolute Gasteiger partial charge is 0.224 e. The minimum Gasteiger partial charge on any atom is -0.349 e. The number of hydrogen-bond acceptors (Lipinski definition) is 3. The highest BCUT2D eigenvalue weighted by Gasteiger charge is 2.33. The molecule has 1 N–H and O–H groups in total. The van der Waals surface area contributed by atoms with E-state index in [2.05, 4.69) is 5.32 Å². The molecule has 1 aliphatic rings. The summed E-state index contributed by atoms with van der Waals surface area (Å²) in [6.07, 6.45) is 1.23. The lowest BCUT2D eigenvalue weighted by atomic mass is 10.0. The summed E-state index contributed by atoms with van der Waals surface area (Å²) in [6, 6.07) is 8.00. The van der Waals surface area contributed by atoms with Gasteiger partial charge in [0.05, 0.1) is 23.5 Å². The third-order valence-electron chi connectivity index (χ3n) is 3.81. The molecule has 2 rings (SSSR count). The van der Waals surface area contributed by atoms with Crippen LogP contribution < -0.4 is 5.32 Å². The fourth-order valence-electron chi connectivity index (χ4n) is 2.51. The van der Waals surface area contributed by atoms with E-state index in [4.69, 9.17) is 0 Å². The van der Waals surface area contributed by atoms with E-state index < -0.39 is 9.84 Å². The fourth-order valence-corrected chi connectivity index (χ4v) is 4.25. The third-order valence-corrected chi connectivity index (χ3v) is 5.58. The van der Waals surface area contributed by atoms with E-state index in [1.807, 2.05) is 38.1 Å². The van der Waals surface area contributed by atoms with Crippen LogP contribution in [0.3, 0.4) is 0 Å². The topological polar surface area (TPSA) is 63.2 Å². The van der Waals surface area contributed by atoms with Gasteiger partial charge in [0, 0.05) is 0 Å². The highest BCUT2D eigenvalue weighted by Crippen LogP contribution is 2.22. The van der Waals surface area contributed by atoms with Crippen LogP contribution in [0, 0.1) is 12.8 Å². The second kappa shape index (κ2) is 5.95. The Morgan fingerprint density at radius 3 is 2.50 bits per heavy atom. The van der Waals surface area contributed by atoms with Crippen molar-refractivity contribution >= 4 is 15.7 Å². The molecule has 0 spiro atoms. The van der Waals surface area contributed by atoms with Crippen LogP contribution in [-0.4, -0.2) is 25.8 Å². The lowest BCUT2D eigenvalue weighted by Gasteiger charge is -2.19. The number of sulfone groups is 1. The van der Waals surface area contributed by atoms with Crippen molar-refractivity contribution in [1.82, 2.24) is 5.32 Å². The van der Waals surface area contributed by atoms with E-state index in [1.165, 1.54) is 5.56 Å². The summed E-state index contributed by atoms with van der Waals surface area (Å²) < 4.78 is 22.9. The third kappa shape index (κ3) is 3.60. The second-order valence-electron chi connectivity index (χ2n) is 5.48. The van der Waals surface area contributed by atoms with Gasteiger partial charge in [0.25, 0.3) is 0 Å². The van der Waals surface area contributed by atoms with Crippen LogP contribution in [0.4, 0.5) is 0 Å². The molecule has 0 radical (unpaired) electrons. The molecule has 1 aromatic rings. The van der Waals surface area contributed by atoms with Crippen LogP contribution in [0.25, 0.3) is 0 Å². The number of carbonyl (C=O) groups is 1. The number of amides is 1. The Morgan fingerprint density at radius 1 is 1.35 bits per heavy atom. The lowest BCUT2D eigenvalue weighted by Crippen LogP contribution is -2.34. The Kier molecular flexibility index (Phi) is 4.48. The van der Waals surface area contributed by atoms with E-state index in [9.17, 15) is 13.2 Å². The quantitative estimate of drug-likeness (QED) is 0.924. The van der Waals surface area contributed by atoms with E-state index in [0.717, 1.165) is 12.0 Å². The molecule has 4 nitrogen and oxygen atoms in total. The summed E-state index contributed by atoms with van der Waals surface area (Å²) in [5.41, 5.74) is 2.24. The van der Waals surface area contributed by atoms with E-state index in [1.54, 1.807) is 0 Å². The lowest BCUT2D eigenvalue weighted by molar-refractivity contribution is -0.125. The Labute approximate surface area is 120 Å². The highest BCUT2D eigenvalue weighted by molar-refractivity contribution is 7.91. The van der Waals surface area contributed by atoms with Crippen LogP contribution in [0.5, 0.6) is 0 Å². The molecule has 1 aliphatic heterocycles. The van der Waals surface area contributed by atoms with Gasteiger partial charge in [-0.2, -0.15) is 0 Å². The Bertz CT molecular complexity index is 578. The highest BCUT2D eigenvalue weighted by atomic mass is 32.2. The molecule has 2 atom stereocenters. The number of carbonyl (C=O) groups excluding carboxylic acids is 1. The molecule has 1 amide bonds. The van der Waals surface area contributed by atoms with Crippen molar-refractivity contribution in [3.05, 3.63) is 35.4 Å². The fraction of sp³-hybridized carbons (Fsp3) is 0.533. The Balaban J connectivity index is 2.03. The van der Waals surface area contributed by atoms with E-state index in [0.29, 0.717) is 6.42 Å². The van der Waals surface area contributed by atoms with Crippen molar-refractivity contribution in [2.75, 3.05) is 11.5 Å². The molecule has 0 bridgehead atoms. The first-order chi connectivity index (χ1) is 9.41. The van der Waals surface area contributed by atoms with Gasteiger partial charge in [-0.1, -0.05) is 36.8 Å². The average Bonchev–Trinajstić information content (AvgIpc) is 2.77. The molecule has 1 heterocycles. The van der Waals surface area contributed by atoms with Gasteiger partial charge in [-0.3, -0.25) is 4.79 Å². The van der Waals surface area contributed by atoms with Crippen LogP contribution in [0.1, 0.15) is 36.9 Å². The number of rotatable bonds is 4. The van der Waals surface area contributed by atoms with Gasteiger partial charge in [-0.05, 0) is 25.3 Å². The average molecular weight is 295 g/mol. The first kappa shape index (κ1) is 15.0. The molecule has 1 aromatic carbocycles. The molecule has 5 heteroatoms. The van der Waals surface area contributed by atoms with Crippen molar-refractivity contribution in [2.45, 2.75) is 32.7 Å². The minimum atomic E-state index is -3.01. The maximum Gasteiger partial charge on any atom is 0.224 e. The molecule has 1 saturated heterocycles. The summed E-state index contributed by atoms with van der Waals surface area (Å²) in [5, 5.41) is 2.98. The maximum absolute atomic E-state index is 12.2. The summed E-state index contributed by atoms with van der Waals surface area (Å²) in [7, 11) is -3.01. The summed E-state index contributed by atoms with van der Waals surface area (Å²) in [4.78, 5) is 12.2. The molecular formula is C15H21NO3S. The largest absolute Gasteiger partial charge is 0.349 e. The van der Waals surface area contributed by atoms with Crippen LogP contribution in [0.2, 0.25) is 0 Å². The van der Waals surface area contributed by atoms with Crippen molar-refractivity contribution in [3.63, 3.8) is 0 Å². The number of hydrogen-bond donors (Lipinski definition) is 1. The molecule has 0 aromatic heterocycles. The normalized spacial score (nSPS) is 22.4. The predicted molar refractivity (Wildman–Crippen MR) is 79.1 cm³/mol. The van der Waals surface area contributed by atoms with Crippen molar-refractivity contribution in [3.8, 4) is 0 Å². The molecule has 0 saturated carbocycles. The van der Waals surface area contributed by atoms with Crippen LogP contribution in [0.15, 0.2) is 24.3 Å². The zero-order valence-electron chi connectivity index (χ0n) is 11.9. The van der Waals surface area contributed by atoms with Gasteiger partial charge >= 0.3 is 0 Å². The van der Waals surface area contributed by atoms with Crippen LogP contribution in [-0.2, 0) is 14.6 Å². The Hall–Kier alpha value is -1.36. The minimum absolute atomic E-state index is 0.0107. The van der Waals surface area contributed by atoms with Gasteiger partial charge in [0.1, 0.15) is 0 Å². The number of aryl methyl sites for hydroxylation is 1. The first-order valence-corrected chi connectivity index (χ1v) is 8.81. The van der Waals surface area contributed by atoms with Crippen LogP contribution >= 0.6 is 0 Å². The zero-order chi connectivity index (χ0) is 14.8. The number of benzene rings is 1. The summed E-state index contributed by atoms with van der Waals surface area (Å²) >= 11 is 0. The molecule has 0 unspecified atom stereocenters. The molecule has 1 fully saturated rings. The Morgan fingerprint density at radius 2 is 2.00 bits per heavy atom. The van der Waals surface area contributed by atoms with Gasteiger partial charge in [0.15, 0.2) is 9.84 Å². The number of nitrogens with one attached hydrogen (secondary N) is 1. The predicted octanol–water partition coefficient (Wildman–Crippen LogP) is 2.00. The SMILES string of the molecule is CC[C@@H](NC(=O)[C@H]1CCS(=O)(=O)C1)c1ccc(C)cc1. The molecule has 0 aliphatic carbocycles. The van der Waals surface area contributed by atoms with E-state index in [-0.39, 0.29) is 29.4 Å². The van der Waals surface area contributed by atoms with Crippen molar-refractivity contribution in [2.24, 2.45) is 5.92 Å². The van der Waals surface area contributed by atoms with Gasteiger partial charge in [0.2, 0.25) is 5.91 Å².